The van der Waals surface area contributed by atoms with E-state index < -0.39 is 10.6 Å². The first-order chi connectivity index (χ1) is 11.0. The Bertz CT molecular complexity index is 790. The molecule has 0 aliphatic carbocycles. The number of benzene rings is 1. The lowest BCUT2D eigenvalue weighted by Gasteiger charge is -2.37. The van der Waals surface area contributed by atoms with Gasteiger partial charge in [-0.1, -0.05) is 23.3 Å². The van der Waals surface area contributed by atoms with Crippen LogP contribution in [-0.4, -0.2) is 52.2 Å². The van der Waals surface area contributed by atoms with Crippen molar-refractivity contribution in [1.29, 1.82) is 5.26 Å². The van der Waals surface area contributed by atoms with Crippen LogP contribution in [0.5, 0.6) is 5.88 Å². The smallest absolute Gasteiger partial charge is 0.378 e. The van der Waals surface area contributed by atoms with Crippen molar-refractivity contribution in [2.75, 3.05) is 26.7 Å². The van der Waals surface area contributed by atoms with E-state index in [1.165, 1.54) is 0 Å². The number of aromatic nitrogens is 1. The van der Waals surface area contributed by atoms with Crippen LogP contribution in [0.3, 0.4) is 0 Å². The molecule has 1 atom stereocenters. The monoisotopic (exact) mass is 313 g/mol. The quantitative estimate of drug-likeness (QED) is 0.622. The van der Waals surface area contributed by atoms with Crippen LogP contribution in [0.1, 0.15) is 0 Å². The second-order valence-corrected chi connectivity index (χ2v) is 5.46. The Morgan fingerprint density at radius 3 is 2.87 bits per heavy atom. The summed E-state index contributed by atoms with van der Waals surface area (Å²) >= 11 is 0. The molecule has 1 aromatic heterocycles. The van der Waals surface area contributed by atoms with Gasteiger partial charge in [0, 0.05) is 18.0 Å². The molecule has 1 saturated heterocycles. The van der Waals surface area contributed by atoms with E-state index in [0.29, 0.717) is 6.54 Å². The molecule has 0 radical (unpaired) electrons. The minimum Gasteiger partial charge on any atom is -0.378 e. The van der Waals surface area contributed by atoms with Gasteiger partial charge in [0.05, 0.1) is 17.0 Å². The number of pyridine rings is 1. The third-order valence-electron chi connectivity index (χ3n) is 3.85. The Morgan fingerprint density at radius 2 is 2.13 bits per heavy atom. The molecule has 1 unspecified atom stereocenters. The van der Waals surface area contributed by atoms with Crippen molar-refractivity contribution in [2.45, 2.75) is 5.66 Å². The summed E-state index contributed by atoms with van der Waals surface area (Å²) in [6.07, 6.45) is 0. The molecule has 118 valence electrons. The van der Waals surface area contributed by atoms with Crippen LogP contribution < -0.4 is 4.84 Å². The Labute approximate surface area is 132 Å². The molecule has 0 spiro atoms. The molecule has 1 fully saturated rings. The Kier molecular flexibility index (Phi) is 3.82. The molecular weight excluding hydrogens is 298 g/mol. The zero-order valence-electron chi connectivity index (χ0n) is 12.5. The average molecular weight is 313 g/mol. The number of nitrogens with zero attached hydrogens (tertiary/aromatic N) is 5. The minimum absolute atomic E-state index is 0.0376. The summed E-state index contributed by atoms with van der Waals surface area (Å²) in [4.78, 5) is 22.6. The number of piperazine rings is 1. The number of nitriles is 1. The number of nitro groups is 1. The maximum atomic E-state index is 11.5. The summed E-state index contributed by atoms with van der Waals surface area (Å²) in [6.45, 7) is 0.758. The lowest BCUT2D eigenvalue weighted by atomic mass is 10.1. The third-order valence-corrected chi connectivity index (χ3v) is 3.85. The third kappa shape index (κ3) is 2.67. The minimum atomic E-state index is -1.94. The number of hydrogen-bond donors (Lipinski definition) is 0. The van der Waals surface area contributed by atoms with E-state index in [0.717, 1.165) is 16.0 Å². The van der Waals surface area contributed by atoms with Gasteiger partial charge >= 0.3 is 5.66 Å². The molecule has 0 amide bonds. The van der Waals surface area contributed by atoms with Gasteiger partial charge in [0.1, 0.15) is 6.54 Å². The molecular formula is C15H15N5O3. The van der Waals surface area contributed by atoms with E-state index in [-0.39, 0.29) is 19.0 Å². The Balaban J connectivity index is 1.92. The summed E-state index contributed by atoms with van der Waals surface area (Å²) < 4.78 is 0. The van der Waals surface area contributed by atoms with Crippen LogP contribution in [0, 0.1) is 21.4 Å². The standard InChI is InChI=1S/C15H15N5O3/c1-18-8-9-19(15(10-16,11-18)20(21)22)23-14-7-6-12-4-2-3-5-13(12)17-14/h2-7H,8-9,11H2,1H3. The highest BCUT2D eigenvalue weighted by Gasteiger charge is 2.55. The van der Waals surface area contributed by atoms with E-state index in [4.69, 9.17) is 4.84 Å². The predicted octanol–water partition coefficient (Wildman–Crippen LogP) is 1.27. The van der Waals surface area contributed by atoms with E-state index >= 15 is 0 Å². The molecule has 0 N–H and O–H groups in total. The molecule has 0 saturated carbocycles. The number of para-hydroxylation sites is 1. The summed E-state index contributed by atoms with van der Waals surface area (Å²) in [5, 5.41) is 22.9. The normalized spacial score (nSPS) is 22.6. The first kappa shape index (κ1) is 15.1. The topological polar surface area (TPSA) is 95.5 Å². The van der Waals surface area contributed by atoms with Crippen molar-refractivity contribution < 1.29 is 9.76 Å². The maximum Gasteiger partial charge on any atom is 0.404 e. The molecule has 1 aliphatic heterocycles. The van der Waals surface area contributed by atoms with Gasteiger partial charge < -0.3 is 4.84 Å². The number of hydroxylamine groups is 2. The van der Waals surface area contributed by atoms with E-state index in [1.54, 1.807) is 24.1 Å². The lowest BCUT2D eigenvalue weighted by molar-refractivity contribution is -0.606. The second-order valence-electron chi connectivity index (χ2n) is 5.46. The van der Waals surface area contributed by atoms with Crippen LogP contribution >= 0.6 is 0 Å². The number of fused-ring (bicyclic) bond motifs is 1. The van der Waals surface area contributed by atoms with Gasteiger partial charge in [-0.2, -0.15) is 5.26 Å². The summed E-state index contributed by atoms with van der Waals surface area (Å²) in [5.41, 5.74) is -1.22. The fourth-order valence-electron chi connectivity index (χ4n) is 2.59. The van der Waals surface area contributed by atoms with Gasteiger partial charge in [0.15, 0.2) is 6.07 Å². The first-order valence-electron chi connectivity index (χ1n) is 7.11. The van der Waals surface area contributed by atoms with Crippen LogP contribution in [0.15, 0.2) is 36.4 Å². The van der Waals surface area contributed by atoms with Gasteiger partial charge in [-0.3, -0.25) is 15.0 Å². The van der Waals surface area contributed by atoms with Crippen LogP contribution in [0.2, 0.25) is 0 Å². The predicted molar refractivity (Wildman–Crippen MR) is 81.9 cm³/mol. The number of hydrogen-bond acceptors (Lipinski definition) is 7. The lowest BCUT2D eigenvalue weighted by Crippen LogP contribution is -2.65. The van der Waals surface area contributed by atoms with Crippen molar-refractivity contribution in [3.63, 3.8) is 0 Å². The molecule has 1 aromatic carbocycles. The fourth-order valence-corrected chi connectivity index (χ4v) is 2.59. The van der Waals surface area contributed by atoms with E-state index in [1.807, 2.05) is 30.3 Å². The second kappa shape index (κ2) is 5.79. The largest absolute Gasteiger partial charge is 0.404 e. The Hall–Kier alpha value is -2.76. The summed E-state index contributed by atoms with van der Waals surface area (Å²) in [6, 6.07) is 12.8. The van der Waals surface area contributed by atoms with Crippen LogP contribution in [-0.2, 0) is 0 Å². The average Bonchev–Trinajstić information content (AvgIpc) is 2.56. The first-order valence-corrected chi connectivity index (χ1v) is 7.11. The molecule has 2 heterocycles. The highest BCUT2D eigenvalue weighted by Crippen LogP contribution is 2.24. The molecule has 23 heavy (non-hydrogen) atoms. The number of rotatable bonds is 3. The van der Waals surface area contributed by atoms with Crippen molar-refractivity contribution in [3.05, 3.63) is 46.5 Å². The number of likely N-dealkylation sites (N-methyl/N-ethyl adjacent to an activating group) is 1. The van der Waals surface area contributed by atoms with Gasteiger partial charge in [-0.25, -0.2) is 4.98 Å². The summed E-state index contributed by atoms with van der Waals surface area (Å²) in [5.74, 6) is 0.231. The molecule has 8 nitrogen and oxygen atoms in total. The fraction of sp³-hybridized carbons (Fsp3) is 0.333. The van der Waals surface area contributed by atoms with Crippen molar-refractivity contribution in [2.24, 2.45) is 0 Å². The van der Waals surface area contributed by atoms with Crippen LogP contribution in [0.4, 0.5) is 0 Å². The van der Waals surface area contributed by atoms with Crippen LogP contribution in [0.25, 0.3) is 10.9 Å². The van der Waals surface area contributed by atoms with Gasteiger partial charge in [-0.05, 0) is 19.2 Å². The van der Waals surface area contributed by atoms with Gasteiger partial charge in [-0.15, -0.1) is 0 Å². The van der Waals surface area contributed by atoms with Crippen molar-refractivity contribution in [1.82, 2.24) is 14.9 Å². The summed E-state index contributed by atoms with van der Waals surface area (Å²) in [7, 11) is 1.74. The molecule has 0 bridgehead atoms. The maximum absolute atomic E-state index is 11.5. The highest BCUT2D eigenvalue weighted by atomic mass is 16.7. The molecule has 1 aliphatic rings. The Morgan fingerprint density at radius 1 is 1.35 bits per heavy atom. The molecule has 3 rings (SSSR count). The molecule has 2 aromatic rings. The van der Waals surface area contributed by atoms with E-state index in [9.17, 15) is 15.4 Å². The molecule has 8 heteroatoms. The zero-order chi connectivity index (χ0) is 16.4. The highest BCUT2D eigenvalue weighted by molar-refractivity contribution is 5.78. The van der Waals surface area contributed by atoms with Gasteiger partial charge in [0.25, 0.3) is 0 Å². The van der Waals surface area contributed by atoms with E-state index in [2.05, 4.69) is 4.98 Å². The zero-order valence-corrected chi connectivity index (χ0v) is 12.5. The van der Waals surface area contributed by atoms with Crippen molar-refractivity contribution in [3.8, 4) is 11.9 Å². The SMILES string of the molecule is CN1CCN(Oc2ccc3ccccc3n2)C(C#N)([N+](=O)[O-])C1. The van der Waals surface area contributed by atoms with Gasteiger partial charge in [0.2, 0.25) is 5.88 Å². The van der Waals surface area contributed by atoms with Crippen molar-refractivity contribution >= 4 is 10.9 Å².